The molecular weight excluding hydrogens is 210 g/mol. The maximum atomic E-state index is 10.7. The van der Waals surface area contributed by atoms with Gasteiger partial charge in [-0.1, -0.05) is 19.0 Å². The first kappa shape index (κ1) is 10.1. The van der Waals surface area contributed by atoms with Gasteiger partial charge in [0.2, 0.25) is 0 Å². The molecule has 4 heteroatoms. The van der Waals surface area contributed by atoms with Crippen LogP contribution in [0.2, 0.25) is 0 Å². The zero-order valence-electron chi connectivity index (χ0n) is 8.56. The Balaban J connectivity index is 2.54. The molecule has 0 bridgehead atoms. The van der Waals surface area contributed by atoms with Crippen LogP contribution in [-0.4, -0.2) is 11.4 Å². The van der Waals surface area contributed by atoms with E-state index in [0.717, 1.165) is 22.4 Å². The molecule has 0 aliphatic heterocycles. The van der Waals surface area contributed by atoms with Crippen molar-refractivity contribution in [2.75, 3.05) is 0 Å². The monoisotopic (exact) mass is 221 g/mol. The molecule has 0 saturated heterocycles. The first-order valence-electron chi connectivity index (χ1n) is 4.72. The minimum absolute atomic E-state index is 0.385. The van der Waals surface area contributed by atoms with Gasteiger partial charge in [-0.3, -0.25) is 4.79 Å². The quantitative estimate of drug-likeness (QED) is 0.746. The van der Waals surface area contributed by atoms with Crippen LogP contribution in [0.5, 0.6) is 0 Å². The van der Waals surface area contributed by atoms with E-state index in [1.54, 1.807) is 0 Å². The van der Waals surface area contributed by atoms with E-state index in [9.17, 15) is 4.79 Å². The van der Waals surface area contributed by atoms with E-state index in [-0.39, 0.29) is 0 Å². The number of hydrogen-bond acceptors (Lipinski definition) is 4. The largest absolute Gasteiger partial charge is 0.364 e. The van der Waals surface area contributed by atoms with E-state index >= 15 is 0 Å². The second kappa shape index (κ2) is 3.98. The number of carbonyl (C=O) groups excluding carboxylic acids is 1. The van der Waals surface area contributed by atoms with Crippen molar-refractivity contribution in [1.29, 1.82) is 0 Å². The van der Waals surface area contributed by atoms with Gasteiger partial charge in [0.1, 0.15) is 12.0 Å². The summed E-state index contributed by atoms with van der Waals surface area (Å²) in [6, 6.07) is 3.67. The molecular formula is C11H11NO2S. The van der Waals surface area contributed by atoms with Crippen LogP contribution in [0.15, 0.2) is 22.9 Å². The van der Waals surface area contributed by atoms with Crippen LogP contribution in [0, 0.1) is 0 Å². The molecule has 0 amide bonds. The van der Waals surface area contributed by atoms with E-state index in [1.165, 1.54) is 22.5 Å². The van der Waals surface area contributed by atoms with Crippen molar-refractivity contribution in [3.63, 3.8) is 0 Å². The van der Waals surface area contributed by atoms with Crippen molar-refractivity contribution >= 4 is 17.6 Å². The summed E-state index contributed by atoms with van der Waals surface area (Å²) in [7, 11) is 0. The van der Waals surface area contributed by atoms with E-state index in [2.05, 4.69) is 19.0 Å². The molecule has 3 nitrogen and oxygen atoms in total. The molecule has 0 unspecified atom stereocenters. The van der Waals surface area contributed by atoms with E-state index in [0.29, 0.717) is 5.92 Å². The van der Waals surface area contributed by atoms with Crippen LogP contribution in [0.1, 0.15) is 34.3 Å². The first-order valence-corrected chi connectivity index (χ1v) is 5.53. The smallest absolute Gasteiger partial charge is 0.160 e. The van der Waals surface area contributed by atoms with Crippen LogP contribution >= 0.6 is 11.3 Å². The summed E-state index contributed by atoms with van der Waals surface area (Å²) in [5.41, 5.74) is 1.80. The number of rotatable bonds is 3. The number of carbonyl (C=O) groups is 1. The summed E-state index contributed by atoms with van der Waals surface area (Å²) < 4.78 is 4.81. The highest BCUT2D eigenvalue weighted by Gasteiger charge is 2.15. The standard InChI is InChI=1S/C11H11NO2S/c1-7(2)11-9(5-8(6-13)15-11)10-3-4-14-12-10/h3-7H,1-2H3. The lowest BCUT2D eigenvalue weighted by molar-refractivity contribution is 0.112. The molecule has 0 aliphatic rings. The number of aromatic nitrogens is 1. The highest BCUT2D eigenvalue weighted by molar-refractivity contribution is 7.14. The number of nitrogens with zero attached hydrogens (tertiary/aromatic N) is 1. The van der Waals surface area contributed by atoms with E-state index < -0.39 is 0 Å². The van der Waals surface area contributed by atoms with Crippen LogP contribution in [0.25, 0.3) is 11.3 Å². The Bertz CT molecular complexity index is 457. The van der Waals surface area contributed by atoms with Crippen LogP contribution in [0.4, 0.5) is 0 Å². The Labute approximate surface area is 91.7 Å². The molecule has 0 aliphatic carbocycles. The Morgan fingerprint density at radius 1 is 1.53 bits per heavy atom. The topological polar surface area (TPSA) is 43.1 Å². The highest BCUT2D eigenvalue weighted by atomic mass is 32.1. The van der Waals surface area contributed by atoms with Gasteiger partial charge in [-0.05, 0) is 12.0 Å². The summed E-state index contributed by atoms with van der Waals surface area (Å²) in [4.78, 5) is 12.6. The second-order valence-corrected chi connectivity index (χ2v) is 4.70. The molecule has 0 atom stereocenters. The Hall–Kier alpha value is -1.42. The molecule has 2 aromatic heterocycles. The molecule has 2 heterocycles. The van der Waals surface area contributed by atoms with Crippen LogP contribution in [-0.2, 0) is 0 Å². The summed E-state index contributed by atoms with van der Waals surface area (Å²) in [6.07, 6.45) is 2.41. The van der Waals surface area contributed by atoms with Gasteiger partial charge >= 0.3 is 0 Å². The summed E-state index contributed by atoms with van der Waals surface area (Å²) in [5.74, 6) is 0.385. The predicted molar refractivity (Wildman–Crippen MR) is 59.3 cm³/mol. The molecule has 0 fully saturated rings. The van der Waals surface area contributed by atoms with Gasteiger partial charge in [0.15, 0.2) is 6.29 Å². The molecule has 2 rings (SSSR count). The number of hydrogen-bond donors (Lipinski definition) is 0. The lowest BCUT2D eigenvalue weighted by atomic mass is 10.1. The normalized spacial score (nSPS) is 10.9. The molecule has 2 aromatic rings. The molecule has 0 saturated carbocycles. The molecule has 15 heavy (non-hydrogen) atoms. The number of aldehydes is 1. The van der Waals surface area contributed by atoms with E-state index in [4.69, 9.17) is 4.52 Å². The zero-order valence-corrected chi connectivity index (χ0v) is 9.38. The highest BCUT2D eigenvalue weighted by Crippen LogP contribution is 2.35. The Kier molecular flexibility index (Phi) is 2.68. The average molecular weight is 221 g/mol. The molecule has 0 radical (unpaired) electrons. The third-order valence-electron chi connectivity index (χ3n) is 2.13. The molecule has 0 N–H and O–H groups in total. The van der Waals surface area contributed by atoms with Gasteiger partial charge < -0.3 is 4.52 Å². The van der Waals surface area contributed by atoms with Crippen LogP contribution < -0.4 is 0 Å². The second-order valence-electron chi connectivity index (χ2n) is 3.58. The van der Waals surface area contributed by atoms with Crippen molar-refractivity contribution in [1.82, 2.24) is 5.16 Å². The maximum Gasteiger partial charge on any atom is 0.160 e. The fraction of sp³-hybridized carbons (Fsp3) is 0.273. The molecule has 0 spiro atoms. The van der Waals surface area contributed by atoms with E-state index in [1.807, 2.05) is 12.1 Å². The Morgan fingerprint density at radius 3 is 2.87 bits per heavy atom. The van der Waals surface area contributed by atoms with Gasteiger partial charge in [-0.15, -0.1) is 11.3 Å². The molecule has 78 valence electrons. The van der Waals surface area contributed by atoms with Crippen molar-refractivity contribution in [3.05, 3.63) is 28.2 Å². The summed E-state index contributed by atoms with van der Waals surface area (Å²) >= 11 is 1.52. The Morgan fingerprint density at radius 2 is 2.33 bits per heavy atom. The molecule has 0 aromatic carbocycles. The lowest BCUT2D eigenvalue weighted by Crippen LogP contribution is -1.85. The van der Waals surface area contributed by atoms with Crippen molar-refractivity contribution in [3.8, 4) is 11.3 Å². The van der Waals surface area contributed by atoms with Gasteiger partial charge in [0, 0.05) is 16.5 Å². The zero-order chi connectivity index (χ0) is 10.8. The van der Waals surface area contributed by atoms with Gasteiger partial charge in [-0.2, -0.15) is 0 Å². The SMILES string of the molecule is CC(C)c1sc(C=O)cc1-c1ccon1. The van der Waals surface area contributed by atoms with Gasteiger partial charge in [0.25, 0.3) is 0 Å². The first-order chi connectivity index (χ1) is 7.22. The summed E-state index contributed by atoms with van der Waals surface area (Å²) in [5, 5.41) is 3.89. The maximum absolute atomic E-state index is 10.7. The minimum Gasteiger partial charge on any atom is -0.364 e. The van der Waals surface area contributed by atoms with Crippen molar-refractivity contribution in [2.45, 2.75) is 19.8 Å². The number of thiophene rings is 1. The fourth-order valence-electron chi connectivity index (χ4n) is 1.46. The minimum atomic E-state index is 0.385. The third-order valence-corrected chi connectivity index (χ3v) is 3.50. The van der Waals surface area contributed by atoms with Gasteiger partial charge in [-0.25, -0.2) is 0 Å². The van der Waals surface area contributed by atoms with Crippen LogP contribution in [0.3, 0.4) is 0 Å². The third kappa shape index (κ3) is 1.85. The fourth-order valence-corrected chi connectivity index (χ4v) is 2.45. The summed E-state index contributed by atoms with van der Waals surface area (Å²) in [6.45, 7) is 4.20. The predicted octanol–water partition coefficient (Wildman–Crippen LogP) is 3.34. The lowest BCUT2D eigenvalue weighted by Gasteiger charge is -2.02. The van der Waals surface area contributed by atoms with Gasteiger partial charge in [0.05, 0.1) is 4.88 Å². The average Bonchev–Trinajstić information content (AvgIpc) is 2.86. The van der Waals surface area contributed by atoms with Crippen molar-refractivity contribution in [2.24, 2.45) is 0 Å². The van der Waals surface area contributed by atoms with Crippen molar-refractivity contribution < 1.29 is 9.32 Å².